The van der Waals surface area contributed by atoms with E-state index in [9.17, 15) is 14.3 Å². The summed E-state index contributed by atoms with van der Waals surface area (Å²) in [6.07, 6.45) is 2.74. The first-order valence-corrected chi connectivity index (χ1v) is 8.07. The quantitative estimate of drug-likeness (QED) is 0.579. The Morgan fingerprint density at radius 2 is 2.13 bits per heavy atom. The first kappa shape index (κ1) is 15.1. The third-order valence-electron chi connectivity index (χ3n) is 3.29. The summed E-state index contributed by atoms with van der Waals surface area (Å²) in [6.45, 7) is 0. The summed E-state index contributed by atoms with van der Waals surface area (Å²) in [5.74, 6) is 0.976. The number of nitrogens with zero attached hydrogens (tertiary/aromatic N) is 3. The predicted molar refractivity (Wildman–Crippen MR) is 84.9 cm³/mol. The molecule has 2 heterocycles. The van der Waals surface area contributed by atoms with Crippen molar-refractivity contribution in [2.75, 3.05) is 13.4 Å². The van der Waals surface area contributed by atoms with Gasteiger partial charge < -0.3 is 9.72 Å². The maximum atomic E-state index is 11.6. The van der Waals surface area contributed by atoms with Crippen molar-refractivity contribution in [3.8, 4) is 17.1 Å². The molecule has 0 radical (unpaired) electrons. The Bertz CT molecular complexity index is 938. The van der Waals surface area contributed by atoms with Crippen molar-refractivity contribution in [1.82, 2.24) is 15.0 Å². The van der Waals surface area contributed by atoms with Gasteiger partial charge in [0.1, 0.15) is 17.8 Å². The number of pyridine rings is 1. The Balaban J connectivity index is 2.12. The van der Waals surface area contributed by atoms with Crippen LogP contribution in [0.1, 0.15) is 0 Å². The van der Waals surface area contributed by atoms with Crippen molar-refractivity contribution < 1.29 is 13.9 Å². The molecule has 1 aromatic carbocycles. The van der Waals surface area contributed by atoms with Crippen LogP contribution in [0, 0.1) is 10.1 Å². The second kappa shape index (κ2) is 5.76. The van der Waals surface area contributed by atoms with Crippen LogP contribution in [0.2, 0.25) is 0 Å². The summed E-state index contributed by atoms with van der Waals surface area (Å²) in [5.41, 5.74) is 1.37. The molecule has 0 bridgehead atoms. The molecule has 9 heteroatoms. The number of imidazole rings is 1. The summed E-state index contributed by atoms with van der Waals surface area (Å²) in [5, 5.41) is 10.8. The average molecular weight is 332 g/mol. The number of nitrogens with one attached hydrogen (secondary N) is 1. The number of ether oxygens (including phenoxy) is 1. The first-order chi connectivity index (χ1) is 11.0. The van der Waals surface area contributed by atoms with Crippen LogP contribution in [0.3, 0.4) is 0 Å². The smallest absolute Gasteiger partial charge is 0.289 e. The Labute approximate surface area is 133 Å². The Morgan fingerprint density at radius 1 is 1.35 bits per heavy atom. The molecule has 1 unspecified atom stereocenters. The molecule has 118 valence electrons. The zero-order chi connectivity index (χ0) is 16.6. The molecule has 8 nitrogen and oxygen atoms in total. The molecule has 0 amide bonds. The zero-order valence-electron chi connectivity index (χ0n) is 12.3. The maximum Gasteiger partial charge on any atom is 0.289 e. The van der Waals surface area contributed by atoms with E-state index in [0.29, 0.717) is 33.2 Å². The number of nitro groups is 1. The molecule has 0 aliphatic carbocycles. The predicted octanol–water partition coefficient (Wildman–Crippen LogP) is 2.28. The van der Waals surface area contributed by atoms with Crippen molar-refractivity contribution >= 4 is 27.7 Å². The molecule has 0 saturated carbocycles. The number of aromatic amines is 1. The van der Waals surface area contributed by atoms with Gasteiger partial charge >= 0.3 is 0 Å². The number of methoxy groups -OCH3 is 1. The highest BCUT2D eigenvalue weighted by atomic mass is 32.2. The van der Waals surface area contributed by atoms with Crippen LogP contribution in [-0.4, -0.2) is 37.4 Å². The number of fused-ring (bicyclic) bond motifs is 1. The number of hydrogen-bond donors (Lipinski definition) is 1. The van der Waals surface area contributed by atoms with Gasteiger partial charge in [0, 0.05) is 28.0 Å². The Hall–Kier alpha value is -2.81. The lowest BCUT2D eigenvalue weighted by molar-refractivity contribution is -0.385. The fourth-order valence-corrected chi connectivity index (χ4v) is 2.70. The Morgan fingerprint density at radius 3 is 2.78 bits per heavy atom. The van der Waals surface area contributed by atoms with Gasteiger partial charge in [-0.1, -0.05) is 0 Å². The molecule has 0 fully saturated rings. The van der Waals surface area contributed by atoms with Gasteiger partial charge in [-0.25, -0.2) is 9.97 Å². The molecule has 3 rings (SSSR count). The summed E-state index contributed by atoms with van der Waals surface area (Å²) in [6, 6.07) is 6.51. The zero-order valence-corrected chi connectivity index (χ0v) is 13.1. The van der Waals surface area contributed by atoms with Crippen LogP contribution in [0.4, 0.5) is 5.69 Å². The summed E-state index contributed by atoms with van der Waals surface area (Å²) < 4.78 is 16.9. The first-order valence-electron chi connectivity index (χ1n) is 6.51. The molecule has 0 aliphatic heterocycles. The standard InChI is InChI=1S/C14H12N4O4S/c1-22-12-6-9(23(2)21)3-4-10(12)13-16-11-5-8(18(19)20)7-15-14(11)17-13/h3-7H,1-2H3,(H,15,16,17). The average Bonchev–Trinajstić information content (AvgIpc) is 2.96. The van der Waals surface area contributed by atoms with E-state index in [1.807, 2.05) is 0 Å². The number of hydrogen-bond acceptors (Lipinski definition) is 6. The van der Waals surface area contributed by atoms with E-state index in [4.69, 9.17) is 4.74 Å². The molecule has 0 saturated heterocycles. The topological polar surface area (TPSA) is 111 Å². The molecule has 1 atom stereocenters. The van der Waals surface area contributed by atoms with E-state index in [-0.39, 0.29) is 5.69 Å². The second-order valence-corrected chi connectivity index (χ2v) is 6.10. The van der Waals surface area contributed by atoms with Gasteiger partial charge in [0.15, 0.2) is 5.65 Å². The van der Waals surface area contributed by atoms with E-state index >= 15 is 0 Å². The largest absolute Gasteiger partial charge is 0.496 e. The highest BCUT2D eigenvalue weighted by Gasteiger charge is 2.15. The van der Waals surface area contributed by atoms with E-state index in [1.165, 1.54) is 13.2 Å². The van der Waals surface area contributed by atoms with Crippen molar-refractivity contribution in [3.63, 3.8) is 0 Å². The minimum absolute atomic E-state index is 0.114. The van der Waals surface area contributed by atoms with Crippen LogP contribution < -0.4 is 4.74 Å². The highest BCUT2D eigenvalue weighted by molar-refractivity contribution is 7.84. The van der Waals surface area contributed by atoms with Gasteiger partial charge in [0.2, 0.25) is 0 Å². The van der Waals surface area contributed by atoms with Crippen LogP contribution in [0.5, 0.6) is 5.75 Å². The van der Waals surface area contributed by atoms with Gasteiger partial charge in [-0.05, 0) is 18.2 Å². The van der Waals surface area contributed by atoms with Crippen molar-refractivity contribution in [2.24, 2.45) is 0 Å². The molecule has 0 aliphatic rings. The fourth-order valence-electron chi connectivity index (χ4n) is 2.16. The molecule has 1 N–H and O–H groups in total. The maximum absolute atomic E-state index is 11.6. The Kier molecular flexibility index (Phi) is 3.78. The lowest BCUT2D eigenvalue weighted by Gasteiger charge is -2.07. The van der Waals surface area contributed by atoms with E-state index in [2.05, 4.69) is 15.0 Å². The number of rotatable bonds is 4. The van der Waals surface area contributed by atoms with Crippen molar-refractivity contribution in [2.45, 2.75) is 4.90 Å². The SMILES string of the molecule is COc1cc(S(C)=O)ccc1-c1nc2ncc([N+](=O)[O-])cc2[nH]1. The van der Waals surface area contributed by atoms with E-state index in [0.717, 1.165) is 6.20 Å². The summed E-state index contributed by atoms with van der Waals surface area (Å²) in [4.78, 5) is 22.2. The van der Waals surface area contributed by atoms with Gasteiger partial charge in [0.25, 0.3) is 5.69 Å². The second-order valence-electron chi connectivity index (χ2n) is 4.72. The molecule has 0 spiro atoms. The van der Waals surface area contributed by atoms with E-state index in [1.54, 1.807) is 24.5 Å². The number of aromatic nitrogens is 3. The third-order valence-corrected chi connectivity index (χ3v) is 4.21. The van der Waals surface area contributed by atoms with Gasteiger partial charge in [-0.3, -0.25) is 14.3 Å². The van der Waals surface area contributed by atoms with Crippen LogP contribution in [0.25, 0.3) is 22.6 Å². The van der Waals surface area contributed by atoms with Crippen LogP contribution in [0.15, 0.2) is 35.4 Å². The summed E-state index contributed by atoms with van der Waals surface area (Å²) in [7, 11) is 0.380. The molecular formula is C14H12N4O4S. The molecule has 23 heavy (non-hydrogen) atoms. The van der Waals surface area contributed by atoms with Crippen LogP contribution in [-0.2, 0) is 10.8 Å². The number of benzene rings is 1. The van der Waals surface area contributed by atoms with Crippen LogP contribution >= 0.6 is 0 Å². The van der Waals surface area contributed by atoms with E-state index < -0.39 is 15.7 Å². The molecule has 3 aromatic rings. The van der Waals surface area contributed by atoms with Crippen molar-refractivity contribution in [1.29, 1.82) is 0 Å². The van der Waals surface area contributed by atoms with Gasteiger partial charge in [-0.15, -0.1) is 0 Å². The third kappa shape index (κ3) is 2.78. The highest BCUT2D eigenvalue weighted by Crippen LogP contribution is 2.31. The monoisotopic (exact) mass is 332 g/mol. The fraction of sp³-hybridized carbons (Fsp3) is 0.143. The van der Waals surface area contributed by atoms with Crippen molar-refractivity contribution in [3.05, 3.63) is 40.6 Å². The summed E-state index contributed by atoms with van der Waals surface area (Å²) >= 11 is 0. The lowest BCUT2D eigenvalue weighted by Crippen LogP contribution is -1.93. The molecular weight excluding hydrogens is 320 g/mol. The lowest BCUT2D eigenvalue weighted by atomic mass is 10.2. The minimum Gasteiger partial charge on any atom is -0.496 e. The van der Waals surface area contributed by atoms with Gasteiger partial charge in [-0.2, -0.15) is 0 Å². The number of H-pyrrole nitrogens is 1. The molecule has 2 aromatic heterocycles. The minimum atomic E-state index is -1.13. The van der Waals surface area contributed by atoms with Gasteiger partial charge in [0.05, 0.1) is 23.1 Å². The normalized spacial score (nSPS) is 12.3.